The molecule has 0 aliphatic carbocycles. The van der Waals surface area contributed by atoms with Crippen molar-refractivity contribution in [2.24, 2.45) is 0 Å². The van der Waals surface area contributed by atoms with Crippen molar-refractivity contribution < 1.29 is 31.2 Å². The summed E-state index contributed by atoms with van der Waals surface area (Å²) in [6, 6.07) is 27.6. The van der Waals surface area contributed by atoms with Crippen molar-refractivity contribution in [3.05, 3.63) is 120 Å². The standard InChI is InChI=1S/C37H42N4O7S2/c42-36(34(28-29-12-3-1-4-13-29)40-37(43)41-23-25-48-26-24-41)39-31(21-27-49(44,45)32-17-5-2-6-18-32)16-9-10-22-38-50(46,47)35-20-11-15-30-14-7-8-19-33(30)35/h1-8,11-15,17-21,27,31,34,38H,9-10,16,22-26,28H2,(H,39,42)(H,40,43)/b27-21+/t31-,34-/m0/s1. The van der Waals surface area contributed by atoms with Crippen LogP contribution in [0.5, 0.6) is 0 Å². The number of nitrogens with zero attached hydrogens (tertiary/aromatic N) is 1. The predicted octanol–water partition coefficient (Wildman–Crippen LogP) is 4.41. The Hall–Kier alpha value is -4.56. The van der Waals surface area contributed by atoms with Crippen molar-refractivity contribution in [1.82, 2.24) is 20.3 Å². The monoisotopic (exact) mass is 718 g/mol. The van der Waals surface area contributed by atoms with E-state index >= 15 is 0 Å². The number of urea groups is 1. The first-order valence-electron chi connectivity index (χ1n) is 16.6. The number of amides is 3. The van der Waals surface area contributed by atoms with Gasteiger partial charge in [-0.25, -0.2) is 26.4 Å². The highest BCUT2D eigenvalue weighted by atomic mass is 32.2. The fourth-order valence-electron chi connectivity index (χ4n) is 5.66. The van der Waals surface area contributed by atoms with Gasteiger partial charge in [0.05, 0.1) is 23.0 Å². The van der Waals surface area contributed by atoms with Gasteiger partial charge in [-0.1, -0.05) is 91.0 Å². The molecule has 3 amide bonds. The first kappa shape index (κ1) is 36.7. The van der Waals surface area contributed by atoms with E-state index in [1.165, 1.54) is 18.2 Å². The third-order valence-electron chi connectivity index (χ3n) is 8.36. The Morgan fingerprint density at radius 1 is 0.780 bits per heavy atom. The Kier molecular flexibility index (Phi) is 12.8. The molecule has 11 nitrogen and oxygen atoms in total. The number of carbonyl (C=O) groups is 2. The maximum Gasteiger partial charge on any atom is 0.318 e. The second kappa shape index (κ2) is 17.4. The Bertz CT molecular complexity index is 1980. The number of rotatable bonds is 15. The molecule has 0 saturated carbocycles. The summed E-state index contributed by atoms with van der Waals surface area (Å²) >= 11 is 0. The van der Waals surface area contributed by atoms with Crippen LogP contribution in [0, 0.1) is 0 Å². The number of hydrogen-bond donors (Lipinski definition) is 3. The summed E-state index contributed by atoms with van der Waals surface area (Å²) in [5.41, 5.74) is 0.840. The first-order chi connectivity index (χ1) is 24.1. The smallest absolute Gasteiger partial charge is 0.318 e. The second-order valence-corrected chi connectivity index (χ2v) is 15.5. The highest BCUT2D eigenvalue weighted by molar-refractivity contribution is 7.94. The van der Waals surface area contributed by atoms with Crippen molar-refractivity contribution in [1.29, 1.82) is 0 Å². The zero-order chi connectivity index (χ0) is 35.4. The molecule has 1 heterocycles. The molecule has 264 valence electrons. The van der Waals surface area contributed by atoms with Crippen LogP contribution >= 0.6 is 0 Å². The van der Waals surface area contributed by atoms with Gasteiger partial charge in [0.15, 0.2) is 9.84 Å². The lowest BCUT2D eigenvalue weighted by molar-refractivity contribution is -0.123. The van der Waals surface area contributed by atoms with Crippen LogP contribution in [-0.2, 0) is 35.8 Å². The van der Waals surface area contributed by atoms with E-state index in [1.807, 2.05) is 48.5 Å². The Labute approximate surface area is 293 Å². The molecule has 4 aromatic carbocycles. The van der Waals surface area contributed by atoms with Crippen molar-refractivity contribution in [3.63, 3.8) is 0 Å². The minimum atomic E-state index is -3.81. The third kappa shape index (κ3) is 10.2. The summed E-state index contributed by atoms with van der Waals surface area (Å²) in [5.74, 6) is -0.473. The van der Waals surface area contributed by atoms with Gasteiger partial charge in [0, 0.05) is 42.9 Å². The lowest BCUT2D eigenvalue weighted by atomic mass is 10.0. The average molecular weight is 719 g/mol. The van der Waals surface area contributed by atoms with Crippen molar-refractivity contribution in [2.45, 2.75) is 47.6 Å². The second-order valence-electron chi connectivity index (χ2n) is 12.0. The number of hydrogen-bond acceptors (Lipinski definition) is 7. The lowest BCUT2D eigenvalue weighted by Crippen LogP contribution is -2.55. The van der Waals surface area contributed by atoms with E-state index in [4.69, 9.17) is 4.74 Å². The molecular formula is C37H42N4O7S2. The maximum absolute atomic E-state index is 13.8. The van der Waals surface area contributed by atoms with E-state index in [1.54, 1.807) is 47.4 Å². The molecule has 3 N–H and O–H groups in total. The van der Waals surface area contributed by atoms with E-state index < -0.39 is 37.9 Å². The highest BCUT2D eigenvalue weighted by Gasteiger charge is 2.27. The van der Waals surface area contributed by atoms with E-state index in [0.717, 1.165) is 16.4 Å². The molecule has 0 aromatic heterocycles. The van der Waals surface area contributed by atoms with Crippen LogP contribution in [-0.4, -0.2) is 78.6 Å². The number of benzene rings is 4. The maximum atomic E-state index is 13.8. The molecule has 1 fully saturated rings. The fourth-order valence-corrected chi connectivity index (χ4v) is 8.05. The quantitative estimate of drug-likeness (QED) is 0.154. The Morgan fingerprint density at radius 2 is 1.44 bits per heavy atom. The van der Waals surface area contributed by atoms with Gasteiger partial charge in [0.1, 0.15) is 6.04 Å². The predicted molar refractivity (Wildman–Crippen MR) is 193 cm³/mol. The van der Waals surface area contributed by atoms with Gasteiger partial charge >= 0.3 is 6.03 Å². The number of sulfone groups is 1. The van der Waals surface area contributed by atoms with Crippen LogP contribution in [0.3, 0.4) is 0 Å². The summed E-state index contributed by atoms with van der Waals surface area (Å²) in [6.07, 6.45) is 2.86. The number of carbonyl (C=O) groups excluding carboxylic acids is 2. The van der Waals surface area contributed by atoms with Crippen LogP contribution in [0.1, 0.15) is 24.8 Å². The summed E-state index contributed by atoms with van der Waals surface area (Å²) < 4.78 is 60.5. The number of sulfonamides is 1. The average Bonchev–Trinajstić information content (AvgIpc) is 3.14. The van der Waals surface area contributed by atoms with Crippen molar-refractivity contribution in [3.8, 4) is 0 Å². The molecule has 0 unspecified atom stereocenters. The van der Waals surface area contributed by atoms with Gasteiger partial charge in [0.2, 0.25) is 15.9 Å². The van der Waals surface area contributed by atoms with Gasteiger partial charge in [-0.2, -0.15) is 0 Å². The van der Waals surface area contributed by atoms with E-state index in [2.05, 4.69) is 15.4 Å². The molecule has 0 spiro atoms. The minimum absolute atomic E-state index is 0.115. The summed E-state index contributed by atoms with van der Waals surface area (Å²) in [6.45, 7) is 1.76. The fraction of sp³-hybridized carbons (Fsp3) is 0.297. The summed E-state index contributed by atoms with van der Waals surface area (Å²) in [5, 5.41) is 8.32. The van der Waals surface area contributed by atoms with E-state index in [-0.39, 0.29) is 28.8 Å². The van der Waals surface area contributed by atoms with Crippen LogP contribution in [0.25, 0.3) is 10.8 Å². The molecule has 5 rings (SSSR count). The van der Waals surface area contributed by atoms with Gasteiger partial charge in [0.25, 0.3) is 0 Å². The first-order valence-corrected chi connectivity index (χ1v) is 19.6. The Morgan fingerprint density at radius 3 is 2.18 bits per heavy atom. The molecule has 1 aliphatic rings. The van der Waals surface area contributed by atoms with Gasteiger partial charge < -0.3 is 20.3 Å². The van der Waals surface area contributed by atoms with Gasteiger partial charge in [-0.05, 0) is 48.4 Å². The SMILES string of the molecule is O=C(N[C@H](/C=C/S(=O)(=O)c1ccccc1)CCCCNS(=O)(=O)c1cccc2ccccc12)[C@H](Cc1ccccc1)NC(=O)N1CCOCC1. The third-order valence-corrected chi connectivity index (χ3v) is 11.3. The van der Waals surface area contributed by atoms with Crippen LogP contribution < -0.4 is 15.4 Å². The van der Waals surface area contributed by atoms with E-state index in [0.29, 0.717) is 51.0 Å². The lowest BCUT2D eigenvalue weighted by Gasteiger charge is -2.29. The van der Waals surface area contributed by atoms with Crippen molar-refractivity contribution >= 4 is 42.6 Å². The zero-order valence-electron chi connectivity index (χ0n) is 27.6. The molecular weight excluding hydrogens is 677 g/mol. The molecule has 2 atom stereocenters. The van der Waals surface area contributed by atoms with Crippen LogP contribution in [0.2, 0.25) is 0 Å². The molecule has 1 saturated heterocycles. The van der Waals surface area contributed by atoms with Crippen LogP contribution in [0.4, 0.5) is 4.79 Å². The molecule has 50 heavy (non-hydrogen) atoms. The van der Waals surface area contributed by atoms with Crippen molar-refractivity contribution in [2.75, 3.05) is 32.8 Å². The largest absolute Gasteiger partial charge is 0.378 e. The molecule has 0 bridgehead atoms. The molecule has 0 radical (unpaired) electrons. The summed E-state index contributed by atoms with van der Waals surface area (Å²) in [4.78, 5) is 28.8. The molecule has 1 aliphatic heterocycles. The zero-order valence-corrected chi connectivity index (χ0v) is 29.2. The summed E-state index contributed by atoms with van der Waals surface area (Å²) in [7, 11) is -7.60. The minimum Gasteiger partial charge on any atom is -0.378 e. The Balaban J connectivity index is 1.28. The number of nitrogens with one attached hydrogen (secondary N) is 3. The number of unbranched alkanes of at least 4 members (excludes halogenated alkanes) is 1. The van der Waals surface area contributed by atoms with E-state index in [9.17, 15) is 26.4 Å². The molecule has 4 aromatic rings. The van der Waals surface area contributed by atoms with Gasteiger partial charge in [-0.15, -0.1) is 0 Å². The van der Waals surface area contributed by atoms with Gasteiger partial charge in [-0.3, -0.25) is 4.79 Å². The number of morpholine rings is 1. The topological polar surface area (TPSA) is 151 Å². The highest BCUT2D eigenvalue weighted by Crippen LogP contribution is 2.22. The number of ether oxygens (including phenoxy) is 1. The molecule has 13 heteroatoms. The normalized spacial score (nSPS) is 15.1. The van der Waals surface area contributed by atoms with Crippen LogP contribution in [0.15, 0.2) is 124 Å². The number of fused-ring (bicyclic) bond motifs is 1.